The van der Waals surface area contributed by atoms with E-state index in [9.17, 15) is 9.59 Å². The Morgan fingerprint density at radius 2 is 2.03 bits per heavy atom. The van der Waals surface area contributed by atoms with Crippen molar-refractivity contribution in [2.24, 2.45) is 16.1 Å². The zero-order valence-electron chi connectivity index (χ0n) is 22.5. The van der Waals surface area contributed by atoms with Crippen molar-refractivity contribution >= 4 is 35.0 Å². The summed E-state index contributed by atoms with van der Waals surface area (Å²) in [7, 11) is 0. The fourth-order valence-electron chi connectivity index (χ4n) is 5.69. The number of pyridine rings is 1. The van der Waals surface area contributed by atoms with Crippen LogP contribution in [-0.4, -0.2) is 78.6 Å². The first kappa shape index (κ1) is 26.7. The summed E-state index contributed by atoms with van der Waals surface area (Å²) in [6, 6.07) is 11.2. The molecular formula is C29H37N7O3. The molecule has 3 aliphatic rings. The van der Waals surface area contributed by atoms with Gasteiger partial charge in [0.05, 0.1) is 6.61 Å². The number of carbonyl (C=O) groups excluding carboxylic acids is 2. The van der Waals surface area contributed by atoms with Crippen molar-refractivity contribution in [3.8, 4) is 0 Å². The van der Waals surface area contributed by atoms with Crippen LogP contribution in [0, 0.1) is 5.41 Å². The average Bonchev–Trinajstić information content (AvgIpc) is 3.37. The number of piperidine rings is 1. The van der Waals surface area contributed by atoms with Crippen LogP contribution in [0.1, 0.15) is 48.5 Å². The highest BCUT2D eigenvalue weighted by atomic mass is 16.6. The van der Waals surface area contributed by atoms with Gasteiger partial charge in [0.15, 0.2) is 11.8 Å². The summed E-state index contributed by atoms with van der Waals surface area (Å²) in [6.45, 7) is 6.90. The number of nitrogens with zero attached hydrogens (tertiary/aromatic N) is 4. The zero-order chi connectivity index (χ0) is 27.2. The van der Waals surface area contributed by atoms with Gasteiger partial charge in [-0.05, 0) is 81.1 Å². The molecule has 4 N–H and O–H groups in total. The number of benzene rings is 1. The molecule has 1 aromatic heterocycles. The number of nitrogens with one attached hydrogen (secondary N) is 2. The third kappa shape index (κ3) is 6.22. The van der Waals surface area contributed by atoms with E-state index in [2.05, 4.69) is 20.6 Å². The van der Waals surface area contributed by atoms with Gasteiger partial charge in [-0.1, -0.05) is 6.08 Å². The van der Waals surface area contributed by atoms with Crippen molar-refractivity contribution in [3.63, 3.8) is 0 Å². The van der Waals surface area contributed by atoms with Crippen LogP contribution in [0.25, 0.3) is 5.57 Å². The maximum absolute atomic E-state index is 13.1. The van der Waals surface area contributed by atoms with E-state index in [4.69, 9.17) is 10.5 Å². The topological polar surface area (TPSA) is 125 Å². The predicted molar refractivity (Wildman–Crippen MR) is 152 cm³/mol. The van der Waals surface area contributed by atoms with E-state index in [1.165, 1.54) is 12.8 Å². The third-order valence-corrected chi connectivity index (χ3v) is 7.78. The molecule has 0 saturated carbocycles. The van der Waals surface area contributed by atoms with Gasteiger partial charge in [0, 0.05) is 61.1 Å². The zero-order valence-corrected chi connectivity index (χ0v) is 22.5. The second-order valence-electron chi connectivity index (χ2n) is 10.5. The molecule has 10 nitrogen and oxygen atoms in total. The number of guanidine groups is 1. The molecule has 4 heterocycles. The molecule has 0 aliphatic carbocycles. The number of ether oxygens (including phenoxy) is 1. The van der Waals surface area contributed by atoms with Crippen molar-refractivity contribution in [2.75, 3.05) is 51.2 Å². The molecule has 2 aromatic rings. The third-order valence-electron chi connectivity index (χ3n) is 7.78. The summed E-state index contributed by atoms with van der Waals surface area (Å²) >= 11 is 0. The van der Waals surface area contributed by atoms with Crippen LogP contribution in [0.15, 0.2) is 53.7 Å². The Kier molecular flexibility index (Phi) is 8.11. The molecule has 0 bridgehead atoms. The fourth-order valence-corrected chi connectivity index (χ4v) is 5.69. The Morgan fingerprint density at radius 1 is 1.18 bits per heavy atom. The Balaban J connectivity index is 1.22. The van der Waals surface area contributed by atoms with Gasteiger partial charge in [-0.2, -0.15) is 4.99 Å². The number of amides is 2. The van der Waals surface area contributed by atoms with Gasteiger partial charge in [-0.3, -0.25) is 4.79 Å². The van der Waals surface area contributed by atoms with Crippen LogP contribution in [0.2, 0.25) is 0 Å². The van der Waals surface area contributed by atoms with E-state index in [1.807, 2.05) is 47.4 Å². The summed E-state index contributed by atoms with van der Waals surface area (Å²) in [5.74, 6) is 0.779. The molecule has 206 valence electrons. The first-order chi connectivity index (χ1) is 19.0. The fraction of sp³-hybridized carbons (Fsp3) is 0.448. The lowest BCUT2D eigenvalue weighted by Gasteiger charge is -2.33. The van der Waals surface area contributed by atoms with E-state index >= 15 is 0 Å². The number of nitrogens with two attached hydrogens (primary N) is 1. The minimum atomic E-state index is -0.302. The Hall–Kier alpha value is -3.92. The SMILES string of the molecule is CCOC(=O)N1CC=C(c2cccnc2N=C(N)Nc2ccc(C(=O)N3CCC4(CCCNC4)C3)cc2)CC1. The van der Waals surface area contributed by atoms with Crippen molar-refractivity contribution < 1.29 is 14.3 Å². The van der Waals surface area contributed by atoms with Crippen LogP contribution >= 0.6 is 0 Å². The van der Waals surface area contributed by atoms with Gasteiger partial charge in [-0.15, -0.1) is 0 Å². The quantitative estimate of drug-likeness (QED) is 0.398. The van der Waals surface area contributed by atoms with Crippen LogP contribution in [-0.2, 0) is 4.74 Å². The molecule has 0 radical (unpaired) electrons. The van der Waals surface area contributed by atoms with Crippen molar-refractivity contribution in [3.05, 3.63) is 59.8 Å². The number of hydrogen-bond acceptors (Lipinski definition) is 6. The summed E-state index contributed by atoms with van der Waals surface area (Å²) in [5, 5.41) is 6.60. The monoisotopic (exact) mass is 531 g/mol. The molecule has 1 atom stereocenters. The lowest BCUT2D eigenvalue weighted by molar-refractivity contribution is 0.0764. The molecular weight excluding hydrogens is 494 g/mol. The maximum Gasteiger partial charge on any atom is 0.410 e. The van der Waals surface area contributed by atoms with Crippen molar-refractivity contribution in [1.29, 1.82) is 0 Å². The maximum atomic E-state index is 13.1. The summed E-state index contributed by atoms with van der Waals surface area (Å²) in [4.78, 5) is 37.7. The Labute approximate surface area is 229 Å². The van der Waals surface area contributed by atoms with Crippen LogP contribution < -0.4 is 16.4 Å². The first-order valence-electron chi connectivity index (χ1n) is 13.7. The predicted octanol–water partition coefficient (Wildman–Crippen LogP) is 3.60. The highest BCUT2D eigenvalue weighted by Crippen LogP contribution is 2.37. The summed E-state index contributed by atoms with van der Waals surface area (Å²) < 4.78 is 5.10. The number of likely N-dealkylation sites (tertiary alicyclic amines) is 1. The molecule has 2 amide bonds. The number of rotatable bonds is 5. The highest BCUT2D eigenvalue weighted by Gasteiger charge is 2.40. The summed E-state index contributed by atoms with van der Waals surface area (Å²) in [5.41, 5.74) is 9.82. The second kappa shape index (κ2) is 11.9. The van der Waals surface area contributed by atoms with E-state index in [0.29, 0.717) is 37.5 Å². The molecule has 1 unspecified atom stereocenters. The molecule has 10 heteroatoms. The second-order valence-corrected chi connectivity index (χ2v) is 10.5. The number of hydrogen-bond donors (Lipinski definition) is 3. The summed E-state index contributed by atoms with van der Waals surface area (Å²) in [6.07, 6.45) is 7.48. The van der Waals surface area contributed by atoms with Crippen molar-refractivity contribution in [2.45, 2.75) is 32.6 Å². The van der Waals surface area contributed by atoms with E-state index in [-0.39, 0.29) is 23.4 Å². The standard InChI is InChI=1S/C29H37N7O3/c1-2-39-28(38)35-16-10-21(11-17-35)24-5-3-15-32-25(24)34-27(30)33-23-8-6-22(7-9-23)26(37)36-18-13-29(20-36)12-4-14-31-19-29/h3,5-10,15,31H,2,4,11-14,16-20H2,1H3,(H3,30,32,33,34). The molecule has 1 spiro atoms. The smallest absolute Gasteiger partial charge is 0.410 e. The molecule has 5 rings (SSSR count). The Bertz CT molecular complexity index is 1250. The first-order valence-corrected chi connectivity index (χ1v) is 13.7. The van der Waals surface area contributed by atoms with Gasteiger partial charge < -0.3 is 30.9 Å². The molecule has 1 aromatic carbocycles. The van der Waals surface area contributed by atoms with Gasteiger partial charge in [0.25, 0.3) is 5.91 Å². The molecule has 3 aliphatic heterocycles. The van der Waals surface area contributed by atoms with Gasteiger partial charge in [-0.25, -0.2) is 9.78 Å². The lowest BCUT2D eigenvalue weighted by Crippen LogP contribution is -2.42. The normalized spacial score (nSPS) is 21.6. The largest absolute Gasteiger partial charge is 0.450 e. The number of aliphatic imine (C=N–C) groups is 1. The minimum absolute atomic E-state index is 0.0750. The number of anilines is 1. The highest BCUT2D eigenvalue weighted by molar-refractivity contribution is 5.97. The van der Waals surface area contributed by atoms with Gasteiger partial charge in [0.1, 0.15) is 0 Å². The van der Waals surface area contributed by atoms with Gasteiger partial charge in [0.2, 0.25) is 0 Å². The molecule has 2 fully saturated rings. The van der Waals surface area contributed by atoms with E-state index in [1.54, 1.807) is 18.0 Å². The minimum Gasteiger partial charge on any atom is -0.450 e. The van der Waals surface area contributed by atoms with Gasteiger partial charge >= 0.3 is 6.09 Å². The van der Waals surface area contributed by atoms with Crippen LogP contribution in [0.3, 0.4) is 0 Å². The molecule has 39 heavy (non-hydrogen) atoms. The van der Waals surface area contributed by atoms with E-state index in [0.717, 1.165) is 49.4 Å². The van der Waals surface area contributed by atoms with E-state index < -0.39 is 0 Å². The Morgan fingerprint density at radius 3 is 2.74 bits per heavy atom. The van der Waals surface area contributed by atoms with Crippen LogP contribution in [0.5, 0.6) is 0 Å². The number of aromatic nitrogens is 1. The average molecular weight is 532 g/mol. The van der Waals surface area contributed by atoms with Crippen molar-refractivity contribution in [1.82, 2.24) is 20.1 Å². The molecule has 2 saturated heterocycles. The van der Waals surface area contributed by atoms with Crippen LogP contribution in [0.4, 0.5) is 16.3 Å². The lowest BCUT2D eigenvalue weighted by atomic mass is 9.80. The number of carbonyl (C=O) groups is 2.